The second-order valence-electron chi connectivity index (χ2n) is 5.97. The minimum absolute atomic E-state index is 0.562. The Morgan fingerprint density at radius 1 is 1.15 bits per heavy atom. The Hall–Kier alpha value is -3.29. The van der Waals surface area contributed by atoms with Gasteiger partial charge in [0.05, 0.1) is 11.6 Å². The molecule has 4 aromatic rings. The summed E-state index contributed by atoms with van der Waals surface area (Å²) in [7, 11) is 1.87. The van der Waals surface area contributed by atoms with Crippen molar-refractivity contribution in [2.75, 3.05) is 11.9 Å². The number of rotatable bonds is 6. The lowest BCUT2D eigenvalue weighted by Gasteiger charge is -2.06. The minimum Gasteiger partial charge on any atom is -0.369 e. The van der Waals surface area contributed by atoms with Gasteiger partial charge < -0.3 is 9.84 Å². The van der Waals surface area contributed by atoms with Gasteiger partial charge >= 0.3 is 0 Å². The van der Waals surface area contributed by atoms with Crippen LogP contribution in [-0.2, 0) is 19.9 Å². The molecule has 1 N–H and O–H groups in total. The van der Waals surface area contributed by atoms with Crippen LogP contribution in [0.5, 0.6) is 0 Å². The third kappa shape index (κ3) is 3.13. The highest BCUT2D eigenvalue weighted by atomic mass is 16.5. The summed E-state index contributed by atoms with van der Waals surface area (Å²) in [4.78, 5) is 12.9. The lowest BCUT2D eigenvalue weighted by atomic mass is 10.1. The number of hydrogen-bond donors (Lipinski definition) is 1. The molecule has 0 fully saturated rings. The fourth-order valence-corrected chi connectivity index (χ4v) is 2.76. The van der Waals surface area contributed by atoms with Crippen LogP contribution in [0.3, 0.4) is 0 Å². The zero-order valence-corrected chi connectivity index (χ0v) is 14.7. The number of nitrogens with zero attached hydrogens (tertiary/aromatic N) is 6. The Kier molecular flexibility index (Phi) is 4.30. The van der Waals surface area contributed by atoms with Crippen LogP contribution in [0.25, 0.3) is 22.5 Å². The van der Waals surface area contributed by atoms with Crippen LogP contribution in [0.4, 0.5) is 5.82 Å². The molecule has 3 heterocycles. The van der Waals surface area contributed by atoms with E-state index in [1.54, 1.807) is 17.2 Å². The maximum Gasteiger partial charge on any atom is 0.257 e. The quantitative estimate of drug-likeness (QED) is 0.572. The van der Waals surface area contributed by atoms with Crippen molar-refractivity contribution in [3.8, 4) is 11.5 Å². The molecule has 3 aromatic heterocycles. The fourth-order valence-electron chi connectivity index (χ4n) is 2.76. The first-order chi connectivity index (χ1) is 12.7. The molecule has 0 unspecified atom stereocenters. The molecule has 0 saturated heterocycles. The van der Waals surface area contributed by atoms with E-state index < -0.39 is 0 Å². The summed E-state index contributed by atoms with van der Waals surface area (Å²) < 4.78 is 7.01. The number of nitrogens with one attached hydrogen (secondary N) is 1. The number of fused-ring (bicyclic) bond motifs is 1. The SMILES string of the molecule is CCc1noc(-c2ccc(CCNc3ncnc4c3cnn4C)cc2)n1. The monoisotopic (exact) mass is 349 g/mol. The molecule has 8 heteroatoms. The zero-order chi connectivity index (χ0) is 17.9. The van der Waals surface area contributed by atoms with E-state index in [2.05, 4.69) is 42.7 Å². The molecule has 0 radical (unpaired) electrons. The van der Waals surface area contributed by atoms with Crippen LogP contribution >= 0.6 is 0 Å². The molecular weight excluding hydrogens is 330 g/mol. The first-order valence-corrected chi connectivity index (χ1v) is 8.53. The topological polar surface area (TPSA) is 94.5 Å². The van der Waals surface area contributed by atoms with E-state index in [0.29, 0.717) is 5.89 Å². The largest absolute Gasteiger partial charge is 0.369 e. The molecule has 26 heavy (non-hydrogen) atoms. The van der Waals surface area contributed by atoms with Gasteiger partial charge in [-0.2, -0.15) is 10.1 Å². The van der Waals surface area contributed by atoms with Gasteiger partial charge in [0.15, 0.2) is 11.5 Å². The Labute approximate surface area is 150 Å². The average Bonchev–Trinajstić information content (AvgIpc) is 3.30. The number of aromatic nitrogens is 6. The number of benzene rings is 1. The van der Waals surface area contributed by atoms with E-state index in [9.17, 15) is 0 Å². The van der Waals surface area contributed by atoms with Crippen molar-refractivity contribution in [3.63, 3.8) is 0 Å². The molecule has 0 aliphatic rings. The zero-order valence-electron chi connectivity index (χ0n) is 14.7. The van der Waals surface area contributed by atoms with E-state index in [-0.39, 0.29) is 0 Å². The lowest BCUT2D eigenvalue weighted by molar-refractivity contribution is 0.423. The van der Waals surface area contributed by atoms with Crippen LogP contribution in [0.2, 0.25) is 0 Å². The first kappa shape index (κ1) is 16.2. The average molecular weight is 349 g/mol. The second-order valence-corrected chi connectivity index (χ2v) is 5.97. The molecule has 0 aliphatic heterocycles. The second kappa shape index (κ2) is 6.91. The molecular formula is C18H19N7O. The number of aryl methyl sites for hydroxylation is 2. The molecule has 0 bridgehead atoms. The Balaban J connectivity index is 1.40. The number of anilines is 1. The molecule has 1 aromatic carbocycles. The lowest BCUT2D eigenvalue weighted by Crippen LogP contribution is -2.07. The van der Waals surface area contributed by atoms with E-state index in [0.717, 1.165) is 47.6 Å². The third-order valence-electron chi connectivity index (χ3n) is 4.22. The molecule has 0 saturated carbocycles. The van der Waals surface area contributed by atoms with Gasteiger partial charge in [0.2, 0.25) is 0 Å². The molecule has 8 nitrogen and oxygen atoms in total. The molecule has 0 aliphatic carbocycles. The van der Waals surface area contributed by atoms with Crippen molar-refractivity contribution in [3.05, 3.63) is 48.2 Å². The maximum atomic E-state index is 5.27. The van der Waals surface area contributed by atoms with Gasteiger partial charge in [-0.15, -0.1) is 0 Å². The maximum absolute atomic E-state index is 5.27. The van der Waals surface area contributed by atoms with E-state index in [1.807, 2.05) is 26.1 Å². The van der Waals surface area contributed by atoms with Crippen LogP contribution in [-0.4, -0.2) is 36.4 Å². The van der Waals surface area contributed by atoms with Crippen molar-refractivity contribution in [2.45, 2.75) is 19.8 Å². The van der Waals surface area contributed by atoms with Crippen LogP contribution in [0, 0.1) is 0 Å². The Bertz CT molecular complexity index is 1020. The summed E-state index contributed by atoms with van der Waals surface area (Å²) in [5.74, 6) is 2.09. The van der Waals surface area contributed by atoms with Gasteiger partial charge in [-0.1, -0.05) is 24.2 Å². The fraction of sp³-hybridized carbons (Fsp3) is 0.278. The summed E-state index contributed by atoms with van der Waals surface area (Å²) in [5, 5.41) is 12.4. The van der Waals surface area contributed by atoms with E-state index >= 15 is 0 Å². The van der Waals surface area contributed by atoms with Crippen molar-refractivity contribution in [1.29, 1.82) is 0 Å². The van der Waals surface area contributed by atoms with Gasteiger partial charge in [0.1, 0.15) is 12.1 Å². The Morgan fingerprint density at radius 2 is 2.00 bits per heavy atom. The molecule has 0 atom stereocenters. The van der Waals surface area contributed by atoms with Gasteiger partial charge in [0.25, 0.3) is 5.89 Å². The highest BCUT2D eigenvalue weighted by molar-refractivity contribution is 5.85. The number of hydrogen-bond acceptors (Lipinski definition) is 7. The first-order valence-electron chi connectivity index (χ1n) is 8.53. The van der Waals surface area contributed by atoms with Crippen molar-refractivity contribution in [1.82, 2.24) is 29.9 Å². The molecule has 0 spiro atoms. The summed E-state index contributed by atoms with van der Waals surface area (Å²) in [5.41, 5.74) is 2.97. The van der Waals surface area contributed by atoms with E-state index in [4.69, 9.17) is 4.52 Å². The normalized spacial score (nSPS) is 11.2. The van der Waals surface area contributed by atoms with Gasteiger partial charge in [-0.25, -0.2) is 9.97 Å². The minimum atomic E-state index is 0.562. The van der Waals surface area contributed by atoms with Gasteiger partial charge in [0, 0.05) is 25.6 Å². The van der Waals surface area contributed by atoms with Crippen molar-refractivity contribution in [2.24, 2.45) is 7.05 Å². The Morgan fingerprint density at radius 3 is 2.77 bits per heavy atom. The van der Waals surface area contributed by atoms with Crippen LogP contribution in [0.15, 0.2) is 41.3 Å². The molecule has 0 amide bonds. The third-order valence-corrected chi connectivity index (χ3v) is 4.22. The molecule has 132 valence electrons. The van der Waals surface area contributed by atoms with Gasteiger partial charge in [-0.3, -0.25) is 4.68 Å². The standard InChI is InChI=1S/C18H19N7O/c1-3-15-23-18(26-24-15)13-6-4-12(5-7-13)8-9-19-16-14-10-22-25(2)17(14)21-11-20-16/h4-7,10-11H,3,8-9H2,1-2H3,(H,19,20,21). The predicted octanol–water partition coefficient (Wildman–Crippen LogP) is 2.63. The smallest absolute Gasteiger partial charge is 0.257 e. The van der Waals surface area contributed by atoms with Crippen molar-refractivity contribution < 1.29 is 4.52 Å². The highest BCUT2D eigenvalue weighted by Crippen LogP contribution is 2.19. The van der Waals surface area contributed by atoms with Crippen LogP contribution < -0.4 is 5.32 Å². The molecule has 4 rings (SSSR count). The predicted molar refractivity (Wildman–Crippen MR) is 97.6 cm³/mol. The summed E-state index contributed by atoms with van der Waals surface area (Å²) in [6.45, 7) is 2.77. The van der Waals surface area contributed by atoms with E-state index in [1.165, 1.54) is 5.56 Å². The summed E-state index contributed by atoms with van der Waals surface area (Å²) in [6, 6.07) is 8.16. The van der Waals surface area contributed by atoms with Gasteiger partial charge in [-0.05, 0) is 24.1 Å². The highest BCUT2D eigenvalue weighted by Gasteiger charge is 2.09. The van der Waals surface area contributed by atoms with Crippen LogP contribution in [0.1, 0.15) is 18.3 Å². The van der Waals surface area contributed by atoms with Crippen molar-refractivity contribution >= 4 is 16.9 Å². The summed E-state index contributed by atoms with van der Waals surface area (Å²) >= 11 is 0. The summed E-state index contributed by atoms with van der Waals surface area (Å²) in [6.07, 6.45) is 4.97.